The largest absolute Gasteiger partial charge is 0.364 e. The number of imidazole rings is 1. The molecule has 0 radical (unpaired) electrons. The fourth-order valence-electron chi connectivity index (χ4n) is 4.53. The molecule has 1 aromatic carbocycles. The van der Waals surface area contributed by atoms with Gasteiger partial charge in [-0.15, -0.1) is 5.10 Å². The normalized spacial score (nSPS) is 16.9. The summed E-state index contributed by atoms with van der Waals surface area (Å²) in [6.07, 6.45) is 3.55. The molecule has 1 aliphatic rings. The maximum Gasteiger partial charge on any atom is 0.239 e. The van der Waals surface area contributed by atoms with Gasteiger partial charge in [-0.25, -0.2) is 9.37 Å². The summed E-state index contributed by atoms with van der Waals surface area (Å²) < 4.78 is 15.2. The summed E-state index contributed by atoms with van der Waals surface area (Å²) in [4.78, 5) is 22.4. The highest BCUT2D eigenvalue weighted by molar-refractivity contribution is 7.20. The van der Waals surface area contributed by atoms with Crippen LogP contribution in [0.25, 0.3) is 16.2 Å². The molecule has 2 aromatic heterocycles. The molecule has 36 heavy (non-hydrogen) atoms. The van der Waals surface area contributed by atoms with Crippen molar-refractivity contribution in [2.24, 2.45) is 5.92 Å². The Labute approximate surface area is 216 Å². The third-order valence-corrected chi connectivity index (χ3v) is 7.25. The standard InChI is InChI=1S/C26H38FN7OS/c1-18-8-6-14-33(16-18)15-7-13-28-21(35)17-32(5)25-31-34-23(30-26(2,3)4)22(29-24(34)36-25)19-9-11-20(27)12-10-19/h9-12,18,30H,6-8,13-17H2,1-5H3,(H,28,35)/t18-/m1/s1. The highest BCUT2D eigenvalue weighted by atomic mass is 32.1. The van der Waals surface area contributed by atoms with E-state index in [-0.39, 0.29) is 23.8 Å². The Bertz CT molecular complexity index is 1170. The number of rotatable bonds is 9. The van der Waals surface area contributed by atoms with Crippen molar-refractivity contribution in [3.05, 3.63) is 30.1 Å². The summed E-state index contributed by atoms with van der Waals surface area (Å²) in [7, 11) is 1.87. The van der Waals surface area contributed by atoms with E-state index in [1.54, 1.807) is 16.6 Å². The van der Waals surface area contributed by atoms with Gasteiger partial charge in [0.25, 0.3) is 0 Å². The van der Waals surface area contributed by atoms with E-state index in [9.17, 15) is 9.18 Å². The Balaban J connectivity index is 1.39. The van der Waals surface area contributed by atoms with Crippen molar-refractivity contribution in [1.82, 2.24) is 24.8 Å². The first-order chi connectivity index (χ1) is 17.1. The second kappa shape index (κ2) is 11.1. The summed E-state index contributed by atoms with van der Waals surface area (Å²) >= 11 is 1.42. The van der Waals surface area contributed by atoms with Crippen LogP contribution in [0.1, 0.15) is 47.0 Å². The fraction of sp³-hybridized carbons (Fsp3) is 0.577. The molecule has 10 heteroatoms. The van der Waals surface area contributed by atoms with Gasteiger partial charge in [0.05, 0.1) is 6.54 Å². The zero-order valence-corrected chi connectivity index (χ0v) is 22.8. The van der Waals surface area contributed by atoms with E-state index in [0.717, 1.165) is 42.5 Å². The van der Waals surface area contributed by atoms with Crippen LogP contribution < -0.4 is 15.5 Å². The van der Waals surface area contributed by atoms with Gasteiger partial charge in [0, 0.05) is 31.2 Å². The van der Waals surface area contributed by atoms with Gasteiger partial charge in [0.2, 0.25) is 16.0 Å². The van der Waals surface area contributed by atoms with Crippen LogP contribution in [0.15, 0.2) is 24.3 Å². The number of nitrogens with zero attached hydrogens (tertiary/aromatic N) is 5. The number of amides is 1. The SMILES string of the molecule is C[C@@H]1CCCN(CCCNC(=O)CN(C)c2nn3c(NC(C)(C)C)c(-c4ccc(F)cc4)nc3s2)C1. The average molecular weight is 516 g/mol. The van der Waals surface area contributed by atoms with Crippen molar-refractivity contribution >= 4 is 33.2 Å². The molecule has 0 bridgehead atoms. The monoisotopic (exact) mass is 515 g/mol. The molecule has 1 aliphatic heterocycles. The molecule has 0 saturated carbocycles. The molecular weight excluding hydrogens is 477 g/mol. The summed E-state index contributed by atoms with van der Waals surface area (Å²) in [5, 5.41) is 12.0. The highest BCUT2D eigenvalue weighted by Crippen LogP contribution is 2.34. The third-order valence-electron chi connectivity index (χ3n) is 6.23. The van der Waals surface area contributed by atoms with Gasteiger partial charge >= 0.3 is 0 Å². The van der Waals surface area contributed by atoms with Crippen molar-refractivity contribution in [1.29, 1.82) is 0 Å². The van der Waals surface area contributed by atoms with E-state index in [4.69, 9.17) is 10.1 Å². The number of carbonyl (C=O) groups excluding carboxylic acids is 1. The average Bonchev–Trinajstić information content (AvgIpc) is 3.36. The number of fused-ring (bicyclic) bond motifs is 1. The smallest absolute Gasteiger partial charge is 0.239 e. The summed E-state index contributed by atoms with van der Waals surface area (Å²) in [5.41, 5.74) is 1.31. The maximum absolute atomic E-state index is 13.5. The van der Waals surface area contributed by atoms with Crippen LogP contribution in [-0.4, -0.2) is 70.7 Å². The minimum atomic E-state index is -0.286. The molecule has 3 aromatic rings. The van der Waals surface area contributed by atoms with Gasteiger partial charge in [0.15, 0.2) is 5.82 Å². The van der Waals surface area contributed by atoms with E-state index >= 15 is 0 Å². The van der Waals surface area contributed by atoms with Gasteiger partial charge < -0.3 is 20.4 Å². The lowest BCUT2D eigenvalue weighted by molar-refractivity contribution is -0.119. The lowest BCUT2D eigenvalue weighted by Gasteiger charge is -2.30. The van der Waals surface area contributed by atoms with Crippen molar-refractivity contribution in [2.45, 2.75) is 52.5 Å². The van der Waals surface area contributed by atoms with Crippen LogP contribution in [0.4, 0.5) is 15.3 Å². The molecule has 0 unspecified atom stereocenters. The first-order valence-corrected chi connectivity index (χ1v) is 13.5. The number of aromatic nitrogens is 3. The lowest BCUT2D eigenvalue weighted by Crippen LogP contribution is -2.38. The van der Waals surface area contributed by atoms with Crippen LogP contribution in [0.2, 0.25) is 0 Å². The maximum atomic E-state index is 13.5. The Morgan fingerprint density at radius 1 is 1.28 bits per heavy atom. The molecule has 4 rings (SSSR count). The molecule has 1 saturated heterocycles. The first-order valence-electron chi connectivity index (χ1n) is 12.7. The van der Waals surface area contributed by atoms with Crippen molar-refractivity contribution < 1.29 is 9.18 Å². The number of anilines is 2. The number of halogens is 1. The molecule has 8 nitrogen and oxygen atoms in total. The number of hydrogen-bond donors (Lipinski definition) is 2. The zero-order valence-electron chi connectivity index (χ0n) is 22.0. The van der Waals surface area contributed by atoms with E-state index in [1.165, 1.54) is 42.9 Å². The van der Waals surface area contributed by atoms with Crippen molar-refractivity contribution in [3.8, 4) is 11.3 Å². The summed E-state index contributed by atoms with van der Waals surface area (Å²) in [5.74, 6) is 1.22. The topological polar surface area (TPSA) is 77.8 Å². The van der Waals surface area contributed by atoms with Gasteiger partial charge in [-0.05, 0) is 83.3 Å². The number of hydrogen-bond acceptors (Lipinski definition) is 7. The molecular formula is C26H38FN7OS. The van der Waals surface area contributed by atoms with E-state index in [2.05, 4.69) is 43.2 Å². The molecule has 0 aliphatic carbocycles. The van der Waals surface area contributed by atoms with Crippen molar-refractivity contribution in [2.75, 3.05) is 50.0 Å². The summed E-state index contributed by atoms with van der Waals surface area (Å²) in [6, 6.07) is 6.31. The molecule has 3 heterocycles. The molecule has 1 amide bonds. The Morgan fingerprint density at radius 2 is 2.03 bits per heavy atom. The second-order valence-corrected chi connectivity index (χ2v) is 11.8. The fourth-order valence-corrected chi connectivity index (χ4v) is 5.39. The predicted molar refractivity (Wildman–Crippen MR) is 145 cm³/mol. The number of likely N-dealkylation sites (tertiary alicyclic amines) is 1. The van der Waals surface area contributed by atoms with Gasteiger partial charge in [0.1, 0.15) is 11.5 Å². The highest BCUT2D eigenvalue weighted by Gasteiger charge is 2.23. The molecule has 1 fully saturated rings. The lowest BCUT2D eigenvalue weighted by atomic mass is 10.0. The van der Waals surface area contributed by atoms with Crippen LogP contribution in [0.3, 0.4) is 0 Å². The first kappa shape index (κ1) is 26.3. The van der Waals surface area contributed by atoms with Gasteiger partial charge in [-0.1, -0.05) is 18.3 Å². The minimum absolute atomic E-state index is 0.0163. The second-order valence-electron chi connectivity index (χ2n) is 10.9. The quantitative estimate of drug-likeness (QED) is 0.409. The molecule has 1 atom stereocenters. The minimum Gasteiger partial charge on any atom is -0.364 e. The predicted octanol–water partition coefficient (Wildman–Crippen LogP) is 4.48. The van der Waals surface area contributed by atoms with Crippen LogP contribution >= 0.6 is 11.3 Å². The number of likely N-dealkylation sites (N-methyl/N-ethyl adjacent to an activating group) is 1. The van der Waals surface area contributed by atoms with E-state index < -0.39 is 0 Å². The Morgan fingerprint density at radius 3 is 2.72 bits per heavy atom. The Hall–Kier alpha value is -2.72. The van der Waals surface area contributed by atoms with Crippen LogP contribution in [0.5, 0.6) is 0 Å². The third kappa shape index (κ3) is 6.73. The molecule has 196 valence electrons. The molecule has 2 N–H and O–H groups in total. The number of nitrogens with one attached hydrogen (secondary N) is 2. The van der Waals surface area contributed by atoms with Crippen LogP contribution in [-0.2, 0) is 4.79 Å². The van der Waals surface area contributed by atoms with Crippen molar-refractivity contribution in [3.63, 3.8) is 0 Å². The number of piperidine rings is 1. The summed E-state index contributed by atoms with van der Waals surface area (Å²) in [6.45, 7) is 12.8. The van der Waals surface area contributed by atoms with Gasteiger partial charge in [-0.2, -0.15) is 4.52 Å². The number of carbonyl (C=O) groups is 1. The molecule has 0 spiro atoms. The van der Waals surface area contributed by atoms with E-state index in [0.29, 0.717) is 16.6 Å². The van der Waals surface area contributed by atoms with Crippen LogP contribution in [0, 0.1) is 11.7 Å². The Kier molecular flexibility index (Phi) is 8.14. The van der Waals surface area contributed by atoms with Gasteiger partial charge in [-0.3, -0.25) is 4.79 Å². The number of benzene rings is 1. The zero-order chi connectivity index (χ0) is 25.9. The van der Waals surface area contributed by atoms with E-state index in [1.807, 2.05) is 11.9 Å².